The van der Waals surface area contributed by atoms with Crippen molar-refractivity contribution < 1.29 is 9.53 Å². The van der Waals surface area contributed by atoms with Crippen molar-refractivity contribution in [2.75, 3.05) is 0 Å². The van der Waals surface area contributed by atoms with E-state index in [0.29, 0.717) is 11.5 Å². The van der Waals surface area contributed by atoms with Gasteiger partial charge >= 0.3 is 5.97 Å². The molecular weight excluding hydrogens is 278 g/mol. The number of hydrogen-bond acceptors (Lipinski definition) is 5. The minimum absolute atomic E-state index is 0.305. The van der Waals surface area contributed by atoms with E-state index in [2.05, 4.69) is 11.1 Å². The Balaban J connectivity index is 1.74. The minimum atomic E-state index is -0.305. The molecule has 2 aromatic heterocycles. The molecule has 0 fully saturated rings. The van der Waals surface area contributed by atoms with E-state index in [9.17, 15) is 4.79 Å². The van der Waals surface area contributed by atoms with Gasteiger partial charge in [0.25, 0.3) is 0 Å². The van der Waals surface area contributed by atoms with Crippen molar-refractivity contribution in [3.63, 3.8) is 0 Å². The van der Waals surface area contributed by atoms with E-state index in [1.165, 1.54) is 16.0 Å². The Hall–Kier alpha value is -1.72. The first-order valence-corrected chi connectivity index (χ1v) is 7.48. The van der Waals surface area contributed by atoms with Crippen LogP contribution in [-0.2, 0) is 11.3 Å². The molecular formula is C14H11NO2S2. The molecule has 2 heterocycles. The Kier molecular flexibility index (Phi) is 3.31. The maximum atomic E-state index is 11.8. The van der Waals surface area contributed by atoms with E-state index >= 15 is 0 Å². The molecule has 0 amide bonds. The number of hydrogen-bond donors (Lipinski definition) is 0. The van der Waals surface area contributed by atoms with Crippen LogP contribution in [0.5, 0.6) is 0 Å². The maximum absolute atomic E-state index is 11.8. The largest absolute Gasteiger partial charge is 0.457 e. The number of fused-ring (bicyclic) bond motifs is 1. The van der Waals surface area contributed by atoms with Crippen LogP contribution in [0.4, 0.5) is 0 Å². The Morgan fingerprint density at radius 1 is 1.37 bits per heavy atom. The molecule has 96 valence electrons. The van der Waals surface area contributed by atoms with E-state index < -0.39 is 0 Å². The van der Waals surface area contributed by atoms with Gasteiger partial charge in [-0.1, -0.05) is 18.2 Å². The summed E-state index contributed by atoms with van der Waals surface area (Å²) in [4.78, 5) is 16.4. The molecule has 0 unspecified atom stereocenters. The van der Waals surface area contributed by atoms with Gasteiger partial charge in [-0.15, -0.1) is 22.7 Å². The minimum Gasteiger partial charge on any atom is -0.457 e. The third kappa shape index (κ3) is 2.52. The second-order valence-corrected chi connectivity index (χ2v) is 6.22. The number of thiazole rings is 1. The first-order chi connectivity index (χ1) is 9.24. The molecule has 19 heavy (non-hydrogen) atoms. The van der Waals surface area contributed by atoms with Crippen LogP contribution >= 0.6 is 22.7 Å². The number of aryl methyl sites for hydroxylation is 1. The fourth-order valence-corrected chi connectivity index (χ4v) is 3.43. The topological polar surface area (TPSA) is 39.2 Å². The lowest BCUT2D eigenvalue weighted by molar-refractivity contribution is 0.0480. The van der Waals surface area contributed by atoms with Crippen molar-refractivity contribution in [3.05, 3.63) is 51.3 Å². The highest BCUT2D eigenvalue weighted by molar-refractivity contribution is 7.17. The fourth-order valence-electron chi connectivity index (χ4n) is 1.81. The molecule has 0 N–H and O–H groups in total. The quantitative estimate of drug-likeness (QED) is 0.683. The maximum Gasteiger partial charge on any atom is 0.350 e. The number of rotatable bonds is 3. The number of nitrogens with zero attached hydrogens (tertiary/aromatic N) is 1. The average Bonchev–Trinajstić information content (AvgIpc) is 3.02. The molecule has 0 spiro atoms. The van der Waals surface area contributed by atoms with E-state index in [-0.39, 0.29) is 5.97 Å². The van der Waals surface area contributed by atoms with Crippen molar-refractivity contribution in [1.29, 1.82) is 0 Å². The van der Waals surface area contributed by atoms with Gasteiger partial charge in [-0.2, -0.15) is 0 Å². The lowest BCUT2D eigenvalue weighted by atomic mass is 10.2. The van der Waals surface area contributed by atoms with Gasteiger partial charge in [0.15, 0.2) is 0 Å². The highest BCUT2D eigenvalue weighted by Gasteiger charge is 2.12. The van der Waals surface area contributed by atoms with E-state index in [4.69, 9.17) is 4.74 Å². The molecule has 0 radical (unpaired) electrons. The van der Waals surface area contributed by atoms with Crippen molar-refractivity contribution in [1.82, 2.24) is 4.98 Å². The fraction of sp³-hybridized carbons (Fsp3) is 0.143. The lowest BCUT2D eigenvalue weighted by Gasteiger charge is -2.01. The number of aromatic nitrogens is 1. The van der Waals surface area contributed by atoms with Gasteiger partial charge in [-0.25, -0.2) is 9.78 Å². The van der Waals surface area contributed by atoms with Gasteiger partial charge in [-0.3, -0.25) is 0 Å². The van der Waals surface area contributed by atoms with E-state index in [1.54, 1.807) is 17.5 Å². The molecule has 0 aliphatic heterocycles. The van der Waals surface area contributed by atoms with Crippen molar-refractivity contribution in [2.24, 2.45) is 0 Å². The van der Waals surface area contributed by atoms with Crippen LogP contribution in [0, 0.1) is 6.92 Å². The van der Waals surface area contributed by atoms with Crippen molar-refractivity contribution in [3.8, 4) is 0 Å². The standard InChI is InChI=1S/C14H11NO2S2/c1-9-15-6-13(19-9)14(16)17-7-10-8-18-12-5-3-2-4-11(10)12/h2-6,8H,7H2,1H3. The molecule has 0 saturated heterocycles. The number of esters is 1. The van der Waals surface area contributed by atoms with Crippen LogP contribution in [0.3, 0.4) is 0 Å². The molecule has 0 saturated carbocycles. The van der Waals surface area contributed by atoms with E-state index in [1.807, 2.05) is 30.5 Å². The molecule has 3 rings (SSSR count). The first kappa shape index (κ1) is 12.3. The third-order valence-corrected chi connectivity index (χ3v) is 4.65. The zero-order valence-corrected chi connectivity index (χ0v) is 11.9. The van der Waals surface area contributed by atoms with Gasteiger partial charge in [0.2, 0.25) is 0 Å². The zero-order chi connectivity index (χ0) is 13.2. The van der Waals surface area contributed by atoms with Gasteiger partial charge in [0, 0.05) is 10.3 Å². The number of carbonyl (C=O) groups excluding carboxylic acids is 1. The number of ether oxygens (including phenoxy) is 1. The molecule has 0 aliphatic rings. The summed E-state index contributed by atoms with van der Waals surface area (Å²) in [6, 6.07) is 8.12. The highest BCUT2D eigenvalue weighted by Crippen LogP contribution is 2.26. The van der Waals surface area contributed by atoms with Gasteiger partial charge in [0.05, 0.1) is 11.2 Å². The van der Waals surface area contributed by atoms with Gasteiger partial charge in [0.1, 0.15) is 11.5 Å². The van der Waals surface area contributed by atoms with Crippen LogP contribution in [-0.4, -0.2) is 11.0 Å². The predicted octanol–water partition coefficient (Wildman–Crippen LogP) is 4.02. The average molecular weight is 289 g/mol. The molecule has 5 heteroatoms. The Bertz CT molecular complexity index is 730. The summed E-state index contributed by atoms with van der Waals surface area (Å²) in [5.41, 5.74) is 1.05. The Morgan fingerprint density at radius 3 is 3.00 bits per heavy atom. The van der Waals surface area contributed by atoms with Gasteiger partial charge in [-0.05, 0) is 23.8 Å². The second kappa shape index (κ2) is 5.11. The summed E-state index contributed by atoms with van der Waals surface area (Å²) in [7, 11) is 0. The zero-order valence-electron chi connectivity index (χ0n) is 10.3. The predicted molar refractivity (Wildman–Crippen MR) is 77.8 cm³/mol. The summed E-state index contributed by atoms with van der Waals surface area (Å²) in [6.07, 6.45) is 1.56. The van der Waals surface area contributed by atoms with Crippen LogP contribution in [0.25, 0.3) is 10.1 Å². The molecule has 0 bridgehead atoms. The van der Waals surface area contributed by atoms with Crippen LogP contribution in [0.2, 0.25) is 0 Å². The summed E-state index contributed by atoms with van der Waals surface area (Å²) >= 11 is 3.02. The Labute approximate surface area is 118 Å². The lowest BCUT2D eigenvalue weighted by Crippen LogP contribution is -2.02. The normalized spacial score (nSPS) is 10.8. The number of thiophene rings is 1. The van der Waals surface area contributed by atoms with Crippen LogP contribution in [0.1, 0.15) is 20.2 Å². The summed E-state index contributed by atoms with van der Waals surface area (Å²) < 4.78 is 6.54. The number of benzene rings is 1. The van der Waals surface area contributed by atoms with Crippen LogP contribution in [0.15, 0.2) is 35.8 Å². The molecule has 0 aliphatic carbocycles. The smallest absolute Gasteiger partial charge is 0.350 e. The first-order valence-electron chi connectivity index (χ1n) is 5.79. The highest BCUT2D eigenvalue weighted by atomic mass is 32.1. The molecule has 1 aromatic carbocycles. The molecule has 0 atom stereocenters. The summed E-state index contributed by atoms with van der Waals surface area (Å²) in [5.74, 6) is -0.305. The SMILES string of the molecule is Cc1ncc(C(=O)OCc2csc3ccccc23)s1. The van der Waals surface area contributed by atoms with Crippen molar-refractivity contribution >= 4 is 38.7 Å². The van der Waals surface area contributed by atoms with Gasteiger partial charge < -0.3 is 4.74 Å². The summed E-state index contributed by atoms with van der Waals surface area (Å²) in [6.45, 7) is 2.17. The molecule has 3 nitrogen and oxygen atoms in total. The van der Waals surface area contributed by atoms with E-state index in [0.717, 1.165) is 16.0 Å². The van der Waals surface area contributed by atoms with Crippen molar-refractivity contribution in [2.45, 2.75) is 13.5 Å². The van der Waals surface area contributed by atoms with Crippen LogP contribution < -0.4 is 0 Å². The molecule has 3 aromatic rings. The summed E-state index contributed by atoms with van der Waals surface area (Å²) in [5, 5.41) is 4.06. The second-order valence-electron chi connectivity index (χ2n) is 4.08. The number of carbonyl (C=O) groups is 1. The Morgan fingerprint density at radius 2 is 2.21 bits per heavy atom. The monoisotopic (exact) mass is 289 g/mol. The third-order valence-electron chi connectivity index (χ3n) is 2.74.